The molecule has 0 spiro atoms. The number of nitriles is 1. The molecule has 9 nitrogen and oxygen atoms in total. The smallest absolute Gasteiger partial charge is 0.309 e. The lowest BCUT2D eigenvalue weighted by molar-refractivity contribution is -0.163. The lowest BCUT2D eigenvalue weighted by Crippen LogP contribution is -2.36. The topological polar surface area (TPSA) is 133 Å². The van der Waals surface area contributed by atoms with E-state index in [1.165, 1.54) is 0 Å². The lowest BCUT2D eigenvalue weighted by atomic mass is 9.75. The number of aliphatic hydroxyl groups is 1. The monoisotopic (exact) mass is 531 g/mol. The third-order valence-corrected chi connectivity index (χ3v) is 8.08. The molecule has 1 unspecified atom stereocenters. The van der Waals surface area contributed by atoms with Crippen LogP contribution in [0, 0.1) is 23.2 Å². The molecule has 2 aliphatic carbocycles. The van der Waals surface area contributed by atoms with Crippen molar-refractivity contribution in [3.8, 4) is 6.07 Å². The summed E-state index contributed by atoms with van der Waals surface area (Å²) in [6.07, 6.45) is 7.46. The van der Waals surface area contributed by atoms with Crippen LogP contribution in [0.3, 0.4) is 0 Å². The minimum absolute atomic E-state index is 0.0731. The molecule has 0 radical (unpaired) electrons. The van der Waals surface area contributed by atoms with Gasteiger partial charge in [-0.1, -0.05) is 25.0 Å². The average Bonchev–Trinajstić information content (AvgIpc) is 3.27. The summed E-state index contributed by atoms with van der Waals surface area (Å²) in [7, 11) is 0. The van der Waals surface area contributed by atoms with Crippen molar-refractivity contribution in [2.24, 2.45) is 11.8 Å². The Labute approximate surface area is 228 Å². The number of nitrogens with zero attached hydrogens (tertiary/aromatic N) is 3. The van der Waals surface area contributed by atoms with Gasteiger partial charge in [0.1, 0.15) is 11.0 Å². The Morgan fingerprint density at radius 1 is 1.15 bits per heavy atom. The van der Waals surface area contributed by atoms with Crippen LogP contribution in [0.1, 0.15) is 83.7 Å². The lowest BCUT2D eigenvalue weighted by Gasteiger charge is -2.36. The molecule has 9 heteroatoms. The number of aromatic amines is 1. The van der Waals surface area contributed by atoms with E-state index in [2.05, 4.69) is 16.4 Å². The molecule has 3 N–H and O–H groups in total. The van der Waals surface area contributed by atoms with Crippen LogP contribution in [-0.2, 0) is 15.1 Å². The quantitative estimate of drug-likeness (QED) is 0.373. The number of aromatic nitrogens is 3. The fourth-order valence-corrected chi connectivity index (χ4v) is 6.00. The zero-order valence-corrected chi connectivity index (χ0v) is 22.9. The van der Waals surface area contributed by atoms with Crippen LogP contribution in [0.15, 0.2) is 41.3 Å². The van der Waals surface area contributed by atoms with Gasteiger partial charge in [-0.2, -0.15) is 10.4 Å². The molecule has 2 heterocycles. The van der Waals surface area contributed by atoms with E-state index in [0.29, 0.717) is 42.4 Å². The van der Waals surface area contributed by atoms with Crippen molar-refractivity contribution >= 4 is 28.4 Å². The number of carbonyl (C=O) groups is 1. The number of hydrogen-bond acceptors (Lipinski definition) is 7. The Balaban J connectivity index is 1.34. The minimum atomic E-state index is -1.00. The Bertz CT molecular complexity index is 1440. The van der Waals surface area contributed by atoms with Gasteiger partial charge in [-0.15, -0.1) is 0 Å². The standard InChI is InChI=1S/C30H37N5O4/c1-29(2,3)39-28(37)19-12-15-30(38,16-13-19)21-8-10-22(11-9-21)33-26-25-24(14-17-32-27(25)36)35(34-26)23-7-5-4-6-20(23)18-31/h8-11,14,17,19-20,23,38H,4-7,12-13,15-16H2,1-3H3,(H,32,36)(H,33,34)/t19-,20?,23-,30-/m0/s1. The zero-order valence-electron chi connectivity index (χ0n) is 22.9. The molecular weight excluding hydrogens is 494 g/mol. The summed E-state index contributed by atoms with van der Waals surface area (Å²) in [5, 5.41) is 29.6. The van der Waals surface area contributed by atoms with E-state index in [9.17, 15) is 20.0 Å². The number of hydrogen-bond donors (Lipinski definition) is 3. The van der Waals surface area contributed by atoms with Gasteiger partial charge in [0, 0.05) is 11.9 Å². The SMILES string of the molecule is CC(C)(C)OC(=O)[C@H]1CC[C@@](O)(c2ccc(Nc3nn([C@H]4CCCCC4C#N)c4cc[nH]c(=O)c34)cc2)CC1. The van der Waals surface area contributed by atoms with Gasteiger partial charge in [-0.3, -0.25) is 14.3 Å². The second-order valence-electron chi connectivity index (χ2n) is 12.0. The Morgan fingerprint density at radius 3 is 2.51 bits per heavy atom. The third-order valence-electron chi connectivity index (χ3n) is 8.08. The summed E-state index contributed by atoms with van der Waals surface area (Å²) >= 11 is 0. The molecule has 2 fully saturated rings. The van der Waals surface area contributed by atoms with Crippen molar-refractivity contribution in [3.05, 3.63) is 52.4 Å². The summed E-state index contributed by atoms with van der Waals surface area (Å²) in [5.41, 5.74) is 0.478. The first-order valence-corrected chi connectivity index (χ1v) is 13.9. The molecule has 206 valence electrons. The Hall–Kier alpha value is -3.64. The normalized spacial score (nSPS) is 25.7. The maximum atomic E-state index is 12.8. The highest BCUT2D eigenvalue weighted by Crippen LogP contribution is 2.41. The van der Waals surface area contributed by atoms with Gasteiger partial charge in [0.05, 0.1) is 35.1 Å². The molecule has 2 saturated carbocycles. The molecule has 5 rings (SSSR count). The number of nitrogens with one attached hydrogen (secondary N) is 2. The minimum Gasteiger partial charge on any atom is -0.460 e. The number of H-pyrrole nitrogens is 1. The number of fused-ring (bicyclic) bond motifs is 1. The molecule has 0 aliphatic heterocycles. The van der Waals surface area contributed by atoms with Crippen LogP contribution >= 0.6 is 0 Å². The highest BCUT2D eigenvalue weighted by molar-refractivity contribution is 5.91. The summed E-state index contributed by atoms with van der Waals surface area (Å²) in [4.78, 5) is 28.0. The fourth-order valence-electron chi connectivity index (χ4n) is 6.00. The predicted molar refractivity (Wildman–Crippen MR) is 148 cm³/mol. The molecule has 0 saturated heterocycles. The molecule has 0 amide bonds. The molecule has 2 aromatic heterocycles. The van der Waals surface area contributed by atoms with Crippen LogP contribution in [0.2, 0.25) is 0 Å². The second-order valence-corrected chi connectivity index (χ2v) is 12.0. The van der Waals surface area contributed by atoms with Crippen molar-refractivity contribution in [3.63, 3.8) is 0 Å². The average molecular weight is 532 g/mol. The van der Waals surface area contributed by atoms with Crippen LogP contribution in [0.4, 0.5) is 11.5 Å². The van der Waals surface area contributed by atoms with Crippen molar-refractivity contribution in [1.82, 2.24) is 14.8 Å². The van der Waals surface area contributed by atoms with E-state index in [4.69, 9.17) is 9.84 Å². The van der Waals surface area contributed by atoms with Gasteiger partial charge in [0.15, 0.2) is 5.82 Å². The van der Waals surface area contributed by atoms with E-state index in [1.54, 1.807) is 6.20 Å². The number of benzene rings is 1. The predicted octanol–water partition coefficient (Wildman–Crippen LogP) is 5.44. The summed E-state index contributed by atoms with van der Waals surface area (Å²) < 4.78 is 7.39. The van der Waals surface area contributed by atoms with E-state index in [0.717, 1.165) is 36.9 Å². The van der Waals surface area contributed by atoms with Crippen LogP contribution in [0.25, 0.3) is 10.9 Å². The number of carbonyl (C=O) groups excluding carboxylic acids is 1. The number of anilines is 2. The van der Waals surface area contributed by atoms with Crippen molar-refractivity contribution in [2.75, 3.05) is 5.32 Å². The summed E-state index contributed by atoms with van der Waals surface area (Å²) in [6, 6.07) is 11.7. The van der Waals surface area contributed by atoms with Crippen molar-refractivity contribution in [1.29, 1.82) is 5.26 Å². The molecule has 1 aromatic carbocycles. The van der Waals surface area contributed by atoms with Gasteiger partial charge in [0.2, 0.25) is 0 Å². The first kappa shape index (κ1) is 26.9. The Kier molecular flexibility index (Phi) is 7.25. The summed E-state index contributed by atoms with van der Waals surface area (Å²) in [6.45, 7) is 5.59. The van der Waals surface area contributed by atoms with Crippen LogP contribution in [0.5, 0.6) is 0 Å². The van der Waals surface area contributed by atoms with E-state index in [1.807, 2.05) is 55.8 Å². The first-order chi connectivity index (χ1) is 18.6. The molecule has 0 bridgehead atoms. The van der Waals surface area contributed by atoms with E-state index in [-0.39, 0.29) is 29.4 Å². The van der Waals surface area contributed by atoms with Crippen LogP contribution < -0.4 is 10.9 Å². The van der Waals surface area contributed by atoms with Gasteiger partial charge in [0.25, 0.3) is 5.56 Å². The molecule has 3 aromatic rings. The van der Waals surface area contributed by atoms with Gasteiger partial charge in [-0.25, -0.2) is 0 Å². The maximum absolute atomic E-state index is 12.8. The zero-order chi connectivity index (χ0) is 27.8. The van der Waals surface area contributed by atoms with Crippen molar-refractivity contribution in [2.45, 2.75) is 89.4 Å². The number of ether oxygens (including phenoxy) is 1. The van der Waals surface area contributed by atoms with Crippen LogP contribution in [-0.4, -0.2) is 31.4 Å². The highest BCUT2D eigenvalue weighted by Gasteiger charge is 2.38. The third kappa shape index (κ3) is 5.57. The first-order valence-electron chi connectivity index (χ1n) is 13.9. The largest absolute Gasteiger partial charge is 0.460 e. The van der Waals surface area contributed by atoms with E-state index < -0.39 is 11.2 Å². The van der Waals surface area contributed by atoms with Gasteiger partial charge >= 0.3 is 5.97 Å². The van der Waals surface area contributed by atoms with E-state index >= 15 is 0 Å². The number of esters is 1. The van der Waals surface area contributed by atoms with Gasteiger partial charge < -0.3 is 20.1 Å². The maximum Gasteiger partial charge on any atom is 0.309 e. The van der Waals surface area contributed by atoms with Crippen molar-refractivity contribution < 1.29 is 14.6 Å². The summed E-state index contributed by atoms with van der Waals surface area (Å²) in [5.74, 6) is -0.0883. The molecular formula is C30H37N5O4. The van der Waals surface area contributed by atoms with Gasteiger partial charge in [-0.05, 0) is 83.1 Å². The second kappa shape index (κ2) is 10.5. The molecule has 2 aliphatic rings. The Morgan fingerprint density at radius 2 is 1.85 bits per heavy atom. The fraction of sp³-hybridized carbons (Fsp3) is 0.533. The number of pyridine rings is 1. The number of rotatable bonds is 5. The molecule has 39 heavy (non-hydrogen) atoms. The molecule has 2 atom stereocenters. The highest BCUT2D eigenvalue weighted by atomic mass is 16.6.